The monoisotopic (exact) mass is 297 g/mol. The highest BCUT2D eigenvalue weighted by molar-refractivity contribution is 7.11. The lowest BCUT2D eigenvalue weighted by atomic mass is 10.2. The number of hydrogen-bond donors (Lipinski definition) is 2. The van der Waals surface area contributed by atoms with Crippen LogP contribution in [0.4, 0.5) is 22.1 Å². The molecule has 0 saturated carbocycles. The average Bonchev–Trinajstić information content (AvgIpc) is 2.89. The quantitative estimate of drug-likeness (QED) is 0.540. The Labute approximate surface area is 126 Å². The van der Waals surface area contributed by atoms with Gasteiger partial charge in [0.1, 0.15) is 0 Å². The molecule has 0 aliphatic heterocycles. The van der Waals surface area contributed by atoms with E-state index in [0.29, 0.717) is 5.69 Å². The van der Waals surface area contributed by atoms with Crippen LogP contribution in [-0.2, 0) is 0 Å². The molecule has 3 aromatic rings. The van der Waals surface area contributed by atoms with E-state index >= 15 is 0 Å². The summed E-state index contributed by atoms with van der Waals surface area (Å²) in [6.07, 6.45) is 0. The van der Waals surface area contributed by atoms with Crippen LogP contribution in [0.2, 0.25) is 0 Å². The van der Waals surface area contributed by atoms with Gasteiger partial charge < -0.3 is 11.1 Å². The molecule has 0 aliphatic carbocycles. The Hall–Kier alpha value is -2.47. The van der Waals surface area contributed by atoms with Crippen molar-refractivity contribution in [1.29, 1.82) is 0 Å². The number of aromatic nitrogens is 1. The first-order valence-electron chi connectivity index (χ1n) is 6.67. The fourth-order valence-electron chi connectivity index (χ4n) is 1.97. The van der Waals surface area contributed by atoms with E-state index in [9.17, 15) is 0 Å². The van der Waals surface area contributed by atoms with Gasteiger partial charge in [0.15, 0.2) is 5.00 Å². The van der Waals surface area contributed by atoms with Crippen molar-refractivity contribution in [2.75, 3.05) is 17.6 Å². The van der Waals surface area contributed by atoms with Gasteiger partial charge in [0.25, 0.3) is 0 Å². The number of hydrogen-bond acceptors (Lipinski definition) is 6. The average molecular weight is 297 g/mol. The predicted molar refractivity (Wildman–Crippen MR) is 88.8 cm³/mol. The molecule has 1 aromatic heterocycles. The van der Waals surface area contributed by atoms with E-state index in [2.05, 4.69) is 26.8 Å². The van der Waals surface area contributed by atoms with Gasteiger partial charge in [0, 0.05) is 23.3 Å². The van der Waals surface area contributed by atoms with Crippen LogP contribution in [-0.4, -0.2) is 10.9 Å². The minimum atomic E-state index is 0.703. The number of rotatable bonds is 4. The fraction of sp³-hybridized carbons (Fsp3) is 0.133. The van der Waals surface area contributed by atoms with Crippen LogP contribution in [0.25, 0.3) is 10.9 Å². The first-order valence-corrected chi connectivity index (χ1v) is 7.44. The highest BCUT2D eigenvalue weighted by Gasteiger charge is 2.05. The summed E-state index contributed by atoms with van der Waals surface area (Å²) in [4.78, 5) is 0. The third-order valence-corrected chi connectivity index (χ3v) is 3.75. The van der Waals surface area contributed by atoms with Crippen LogP contribution < -0.4 is 11.1 Å². The number of azo groups is 1. The van der Waals surface area contributed by atoms with Gasteiger partial charge in [-0.05, 0) is 60.9 Å². The first-order chi connectivity index (χ1) is 10.3. The standard InChI is InChI=1S/C15H15N5S/c1-2-17-11-4-6-12(7-5-11)18-19-15-13-9-10(16)3-8-14(13)20-21-15/h3-9,17H,2,16H2,1H3. The Morgan fingerprint density at radius 2 is 1.95 bits per heavy atom. The second-order valence-electron chi connectivity index (χ2n) is 4.54. The lowest BCUT2D eigenvalue weighted by Gasteiger charge is -2.01. The molecule has 5 nitrogen and oxygen atoms in total. The molecule has 0 unspecified atom stereocenters. The van der Waals surface area contributed by atoms with E-state index in [1.165, 1.54) is 11.5 Å². The van der Waals surface area contributed by atoms with Gasteiger partial charge in [-0.15, -0.1) is 10.2 Å². The lowest BCUT2D eigenvalue weighted by Crippen LogP contribution is -1.94. The van der Waals surface area contributed by atoms with E-state index in [1.807, 2.05) is 42.5 Å². The van der Waals surface area contributed by atoms with Crippen molar-refractivity contribution in [3.05, 3.63) is 42.5 Å². The maximum absolute atomic E-state index is 5.80. The molecule has 3 rings (SSSR count). The summed E-state index contributed by atoms with van der Waals surface area (Å²) in [6.45, 7) is 2.96. The SMILES string of the molecule is CCNc1ccc(N=Nc2snc3ccc(N)cc23)cc1. The van der Waals surface area contributed by atoms with Crippen LogP contribution in [0.15, 0.2) is 52.7 Å². The predicted octanol–water partition coefficient (Wildman–Crippen LogP) is 4.73. The Bertz CT molecular complexity index is 776. The van der Waals surface area contributed by atoms with Crippen molar-refractivity contribution in [1.82, 2.24) is 4.37 Å². The van der Waals surface area contributed by atoms with Crippen LogP contribution in [0.1, 0.15) is 6.92 Å². The maximum Gasteiger partial charge on any atom is 0.166 e. The minimum Gasteiger partial charge on any atom is -0.399 e. The summed E-state index contributed by atoms with van der Waals surface area (Å²) in [7, 11) is 0. The molecule has 0 amide bonds. The first kappa shape index (κ1) is 13.5. The molecule has 106 valence electrons. The van der Waals surface area contributed by atoms with Gasteiger partial charge in [-0.1, -0.05) is 0 Å². The molecule has 21 heavy (non-hydrogen) atoms. The topological polar surface area (TPSA) is 75.7 Å². The van der Waals surface area contributed by atoms with Crippen LogP contribution in [0, 0.1) is 0 Å². The minimum absolute atomic E-state index is 0.703. The third-order valence-electron chi connectivity index (χ3n) is 2.99. The third kappa shape index (κ3) is 3.00. The molecule has 0 saturated heterocycles. The molecule has 0 atom stereocenters. The van der Waals surface area contributed by atoms with Crippen molar-refractivity contribution in [3.8, 4) is 0 Å². The number of nitrogen functional groups attached to an aromatic ring is 1. The van der Waals surface area contributed by atoms with Gasteiger partial charge in [-0.25, -0.2) is 0 Å². The zero-order valence-corrected chi connectivity index (χ0v) is 12.4. The zero-order chi connectivity index (χ0) is 14.7. The maximum atomic E-state index is 5.80. The van der Waals surface area contributed by atoms with E-state index in [0.717, 1.165) is 33.8 Å². The second kappa shape index (κ2) is 5.88. The number of nitrogens with one attached hydrogen (secondary N) is 1. The van der Waals surface area contributed by atoms with Crippen LogP contribution in [0.5, 0.6) is 0 Å². The highest BCUT2D eigenvalue weighted by Crippen LogP contribution is 2.33. The Morgan fingerprint density at radius 3 is 2.71 bits per heavy atom. The number of nitrogens with zero attached hydrogens (tertiary/aromatic N) is 3. The highest BCUT2D eigenvalue weighted by atomic mass is 32.1. The molecule has 3 N–H and O–H groups in total. The van der Waals surface area contributed by atoms with Crippen molar-refractivity contribution < 1.29 is 0 Å². The second-order valence-corrected chi connectivity index (χ2v) is 5.29. The molecule has 0 radical (unpaired) electrons. The van der Waals surface area contributed by atoms with Crippen molar-refractivity contribution in [2.24, 2.45) is 10.2 Å². The van der Waals surface area contributed by atoms with Crippen molar-refractivity contribution in [3.63, 3.8) is 0 Å². The van der Waals surface area contributed by atoms with Gasteiger partial charge in [0.2, 0.25) is 0 Å². The Morgan fingerprint density at radius 1 is 1.14 bits per heavy atom. The molecule has 6 heteroatoms. The largest absolute Gasteiger partial charge is 0.399 e. The summed E-state index contributed by atoms with van der Waals surface area (Å²) < 4.78 is 4.33. The summed E-state index contributed by atoms with van der Waals surface area (Å²) in [5.74, 6) is 0. The Kier molecular flexibility index (Phi) is 3.79. The van der Waals surface area contributed by atoms with E-state index in [1.54, 1.807) is 0 Å². The molecule has 0 spiro atoms. The van der Waals surface area contributed by atoms with Gasteiger partial charge in [-0.2, -0.15) is 4.37 Å². The molecule has 0 fully saturated rings. The van der Waals surface area contributed by atoms with E-state index < -0.39 is 0 Å². The molecule has 1 heterocycles. The Balaban J connectivity index is 1.85. The molecule has 2 aromatic carbocycles. The normalized spacial score (nSPS) is 11.3. The summed E-state index contributed by atoms with van der Waals surface area (Å²) >= 11 is 1.32. The molecular formula is C15H15N5S. The number of anilines is 2. The summed E-state index contributed by atoms with van der Waals surface area (Å²) in [5, 5.41) is 13.5. The van der Waals surface area contributed by atoms with Crippen LogP contribution in [0.3, 0.4) is 0 Å². The van der Waals surface area contributed by atoms with Crippen LogP contribution >= 0.6 is 11.5 Å². The van der Waals surface area contributed by atoms with E-state index in [-0.39, 0.29) is 0 Å². The summed E-state index contributed by atoms with van der Waals surface area (Å²) in [6, 6.07) is 13.4. The molecule has 0 bridgehead atoms. The van der Waals surface area contributed by atoms with Gasteiger partial charge >= 0.3 is 0 Å². The van der Waals surface area contributed by atoms with Crippen molar-refractivity contribution in [2.45, 2.75) is 6.92 Å². The lowest BCUT2D eigenvalue weighted by molar-refractivity contribution is 1.21. The zero-order valence-electron chi connectivity index (χ0n) is 11.6. The van der Waals surface area contributed by atoms with Crippen molar-refractivity contribution >= 4 is 44.5 Å². The summed E-state index contributed by atoms with van der Waals surface area (Å²) in [5.41, 5.74) is 9.28. The number of nitrogens with two attached hydrogens (primary N) is 1. The number of fused-ring (bicyclic) bond motifs is 1. The van der Waals surface area contributed by atoms with Gasteiger partial charge in [0.05, 0.1) is 11.2 Å². The molecular weight excluding hydrogens is 282 g/mol. The molecule has 0 aliphatic rings. The van der Waals surface area contributed by atoms with E-state index in [4.69, 9.17) is 5.73 Å². The number of benzene rings is 2. The fourth-order valence-corrected chi connectivity index (χ4v) is 2.65. The smallest absolute Gasteiger partial charge is 0.166 e. The van der Waals surface area contributed by atoms with Gasteiger partial charge in [-0.3, -0.25) is 0 Å².